The van der Waals surface area contributed by atoms with Gasteiger partial charge in [0.05, 0.1) is 42.1 Å². The molecule has 5 aromatic carbocycles. The zero-order chi connectivity index (χ0) is 88.7. The minimum Gasteiger partial charge on any atom is -0.508 e. The number of para-hydroxylation sites is 1. The third kappa shape index (κ3) is 22.9. The van der Waals surface area contributed by atoms with E-state index >= 15 is 19.2 Å². The number of benzene rings is 5. The lowest BCUT2D eigenvalue weighted by Crippen LogP contribution is -2.62. The fourth-order valence-electron chi connectivity index (χ4n) is 15.9. The van der Waals surface area contributed by atoms with E-state index in [1.165, 1.54) is 56.5 Å². The van der Waals surface area contributed by atoms with Crippen LogP contribution in [-0.4, -0.2) is 234 Å². The second kappa shape index (κ2) is 42.8. The lowest BCUT2D eigenvalue weighted by atomic mass is 9.72. The normalized spacial score (nSPS) is 24.0. The van der Waals surface area contributed by atoms with E-state index in [1.807, 2.05) is 26.1 Å². The number of Topliss-reactive ketones (excluding diaryl/α,β-unsaturated/α-hetero) is 1. The predicted molar refractivity (Wildman–Crippen MR) is 455 cm³/mol. The topological polar surface area (TPSA) is 559 Å². The van der Waals surface area contributed by atoms with Crippen LogP contribution < -0.4 is 58.7 Å². The number of unbranched alkanes of at least 4 members (excludes halogenated alkanes) is 1. The van der Waals surface area contributed by atoms with E-state index in [0.29, 0.717) is 40.4 Å². The van der Waals surface area contributed by atoms with Crippen molar-refractivity contribution in [3.63, 3.8) is 0 Å². The zero-order valence-electron chi connectivity index (χ0n) is 69.5. The number of amides is 9. The van der Waals surface area contributed by atoms with E-state index < -0.39 is 222 Å². The standard InChI is InChI=1S/C87H106N12O22S2.H2O/c1-44(2)73-86(116)96-61(85(115)98-74(46(4)100)79(89)109)43-123-122-42-60(84(114)93-58(35-49-27-29-51(101)30-28-49)82(112)94-59(36-50-40-90-55-22-11-10-20-52(50)55)83(113)92-56(80(110)97-73)23-12-13-31-88)95-81(111)57(34-48-18-8-7-9-19-48)91-66(103)25-17-26-67(104)119-41-65(102)87(117)38-54-70(64(39-87)121-68-37-62(45(3)47(5)120-68)99-32-14-15-33-99)78(108)72-71(76(54)106)75(105)53-21-16-24-63(118-6)69(53)77(72)107;/h7-11,14,16,18-22,24,27-30,32,40,44-47,56-62,64,68,73-74,90,100-101,106,108,117H,12-13,15,17,23,25-26,31,33-39,41-43,88H2,1-6H3,(H2,89,109)(H,91,103)(H,92,113)(H,93,114)(H,94,112)(H,95,111)(H,96,116)(H,97,110)(H,98,115);1H2/t45-,46-,47+,56+,57-,58+,59-,60+,61+,62+,64+,68+,73+,74+,87+;/m1./s1. The molecule has 15 atom stereocenters. The molecule has 2 fully saturated rings. The second-order valence-electron chi connectivity index (χ2n) is 32.0. The molecule has 3 aliphatic heterocycles. The van der Waals surface area contributed by atoms with Crippen LogP contribution in [-0.2, 0) is 92.6 Å². The number of hydrogen-bond donors (Lipinski definition) is 16. The molecule has 20 N–H and O–H groups in total. The molecule has 2 saturated heterocycles. The number of carbonyl (C=O) groups is 13. The van der Waals surface area contributed by atoms with Gasteiger partial charge in [-0.2, -0.15) is 0 Å². The number of nitrogens with one attached hydrogen (secondary N) is 9. The second-order valence-corrected chi connectivity index (χ2v) is 34.5. The molecule has 0 spiro atoms. The Hall–Kier alpha value is -11.5. The van der Waals surface area contributed by atoms with Crippen LogP contribution in [0.2, 0.25) is 0 Å². The average Bonchev–Trinajstić information content (AvgIpc) is 0.825. The molecule has 37 heteroatoms. The van der Waals surface area contributed by atoms with Gasteiger partial charge in [0.2, 0.25) is 64.7 Å². The molecule has 1 aromatic heterocycles. The molecular formula is C87H108N12O23S2. The van der Waals surface area contributed by atoms with Crippen molar-refractivity contribution < 1.29 is 112 Å². The zero-order valence-corrected chi connectivity index (χ0v) is 71.1. The molecule has 4 heterocycles. The van der Waals surface area contributed by atoms with Gasteiger partial charge in [-0.05, 0) is 106 Å². The first-order valence-corrected chi connectivity index (χ1v) is 43.5. The number of H-pyrrole nitrogens is 1. The summed E-state index contributed by atoms with van der Waals surface area (Å²) < 4.78 is 23.9. The van der Waals surface area contributed by atoms with Crippen molar-refractivity contribution in [2.75, 3.05) is 38.3 Å². The Kier molecular flexibility index (Phi) is 32.7. The predicted octanol–water partition coefficient (Wildman–Crippen LogP) is 2.27. The van der Waals surface area contributed by atoms with E-state index in [-0.39, 0.29) is 102 Å². The Morgan fingerprint density at radius 1 is 0.726 bits per heavy atom. The highest BCUT2D eigenvalue weighted by Crippen LogP contribution is 2.53. The van der Waals surface area contributed by atoms with Crippen LogP contribution in [0.1, 0.15) is 158 Å². The van der Waals surface area contributed by atoms with Crippen molar-refractivity contribution in [2.45, 2.75) is 203 Å². The maximum Gasteiger partial charge on any atom is 0.306 e. The molecule has 0 unspecified atom stereocenters. The number of hydrogen-bond acceptors (Lipinski definition) is 26. The summed E-state index contributed by atoms with van der Waals surface area (Å²) in [4.78, 5) is 194. The molecule has 35 nitrogen and oxygen atoms in total. The summed E-state index contributed by atoms with van der Waals surface area (Å²) >= 11 is 0. The number of aromatic nitrogens is 1. The number of phenols is 3. The molecule has 0 radical (unpaired) electrons. The van der Waals surface area contributed by atoms with Gasteiger partial charge in [-0.1, -0.05) is 121 Å². The Morgan fingerprint density at radius 3 is 2.09 bits per heavy atom. The van der Waals surface area contributed by atoms with Crippen LogP contribution in [0.25, 0.3) is 10.9 Å². The minimum absolute atomic E-state index is 0. The van der Waals surface area contributed by atoms with Crippen LogP contribution >= 0.6 is 21.6 Å². The number of primary amides is 1. The number of aromatic amines is 1. The van der Waals surface area contributed by atoms with Crippen molar-refractivity contribution in [1.29, 1.82) is 0 Å². The van der Waals surface area contributed by atoms with Gasteiger partial charge in [-0.15, -0.1) is 0 Å². The monoisotopic (exact) mass is 1750 g/mol. The number of aliphatic hydroxyl groups excluding tert-OH is 1. The third-order valence-corrected chi connectivity index (χ3v) is 25.3. The number of aromatic hydroxyl groups is 3. The number of ketones is 3. The SMILES string of the molecule is COc1cccc2c1C(=O)c1c(O)c3c(c(O)c1C2=O)C[C@@](O)(C(=O)COC(=O)CCCC(=O)N[C@H](Cc1ccccc1)C(=O)N[C@H]1CSSC[C@@H](C(=O)N[C@H](C(N)=O)[C@@H](C)O)NC(=O)[C@H](C(C)C)NC(=O)[C@H](CCCCN)NC(=O)[C@@H](Cc2c[nH]c4ccccc24)NC(=O)[C@H](Cc2ccc(O)cc2)NC1=O)C[C@@H]3O[C@H]1C[C@H](N2C=CCC2)[C@H](C)[C@H](C)O1.O. The summed E-state index contributed by atoms with van der Waals surface area (Å²) in [5.41, 5.74) is 9.20. The molecule has 2 aliphatic carbocycles. The molecule has 124 heavy (non-hydrogen) atoms. The van der Waals surface area contributed by atoms with Crippen molar-refractivity contribution in [2.24, 2.45) is 23.3 Å². The highest BCUT2D eigenvalue weighted by atomic mass is 33.1. The highest BCUT2D eigenvalue weighted by molar-refractivity contribution is 8.76. The Labute approximate surface area is 722 Å². The molecule has 9 amide bonds. The van der Waals surface area contributed by atoms with Gasteiger partial charge in [-0.25, -0.2) is 0 Å². The van der Waals surface area contributed by atoms with Gasteiger partial charge in [0.1, 0.15) is 76.9 Å². The number of methoxy groups -OCH3 is 1. The minimum atomic E-state index is -2.54. The first kappa shape index (κ1) is 94.8. The van der Waals surface area contributed by atoms with Gasteiger partial charge in [0.15, 0.2) is 18.7 Å². The van der Waals surface area contributed by atoms with E-state index in [9.17, 15) is 68.7 Å². The number of nitrogens with zero attached hydrogens (tertiary/aromatic N) is 1. The summed E-state index contributed by atoms with van der Waals surface area (Å²) in [7, 11) is 3.08. The molecule has 0 bridgehead atoms. The van der Waals surface area contributed by atoms with Gasteiger partial charge < -0.3 is 114 Å². The number of nitrogens with two attached hydrogens (primary N) is 2. The van der Waals surface area contributed by atoms with Gasteiger partial charge in [0.25, 0.3) is 0 Å². The summed E-state index contributed by atoms with van der Waals surface area (Å²) in [6.45, 7) is 8.20. The van der Waals surface area contributed by atoms with Crippen molar-refractivity contribution in [1.82, 2.24) is 52.4 Å². The quantitative estimate of drug-likeness (QED) is 0.0138. The third-order valence-electron chi connectivity index (χ3n) is 22.9. The lowest BCUT2D eigenvalue weighted by molar-refractivity contribution is -0.244. The van der Waals surface area contributed by atoms with Crippen LogP contribution in [0.3, 0.4) is 0 Å². The number of phenolic OH excluding ortho intramolecular Hbond substituents is 3. The van der Waals surface area contributed by atoms with E-state index in [2.05, 4.69) is 52.4 Å². The molecule has 666 valence electrons. The summed E-state index contributed by atoms with van der Waals surface area (Å²) in [6, 6.07) is 13.2. The largest absolute Gasteiger partial charge is 0.508 e. The smallest absolute Gasteiger partial charge is 0.306 e. The van der Waals surface area contributed by atoms with E-state index in [0.717, 1.165) is 34.6 Å². The molecule has 5 aliphatic rings. The molecule has 0 saturated carbocycles. The van der Waals surface area contributed by atoms with Crippen molar-refractivity contribution in [3.8, 4) is 23.0 Å². The summed E-state index contributed by atoms with van der Waals surface area (Å²) in [6.07, 6.45) is -0.315. The number of rotatable bonds is 29. The molecule has 11 rings (SSSR count). The number of esters is 1. The average molecular weight is 1750 g/mol. The fraction of sp³-hybridized carbons (Fsp3) is 0.460. The maximum atomic E-state index is 15.4. The van der Waals surface area contributed by atoms with Gasteiger partial charge in [-0.3, -0.25) is 62.3 Å². The number of carbonyl (C=O) groups excluding carboxylic acids is 13. The van der Waals surface area contributed by atoms with Crippen molar-refractivity contribution in [3.05, 3.63) is 166 Å². The molecular weight excluding hydrogens is 1650 g/mol. The maximum absolute atomic E-state index is 15.4. The first-order valence-electron chi connectivity index (χ1n) is 41.0. The van der Waals surface area contributed by atoms with Crippen LogP contribution in [0.15, 0.2) is 116 Å². The van der Waals surface area contributed by atoms with E-state index in [4.69, 9.17) is 30.4 Å². The Bertz CT molecular complexity index is 4970. The van der Waals surface area contributed by atoms with Crippen LogP contribution in [0.5, 0.6) is 23.0 Å². The number of ether oxygens (including phenoxy) is 4. The van der Waals surface area contributed by atoms with Gasteiger partial charge in [0, 0.05) is 115 Å². The fourth-order valence-corrected chi connectivity index (χ4v) is 18.3. The lowest BCUT2D eigenvalue weighted by Gasteiger charge is -2.45. The van der Waals surface area contributed by atoms with Gasteiger partial charge >= 0.3 is 5.97 Å². The number of fused-ring (bicyclic) bond motifs is 4. The van der Waals surface area contributed by atoms with Crippen LogP contribution in [0.4, 0.5) is 0 Å². The summed E-state index contributed by atoms with van der Waals surface area (Å²) in [5.74, 6) is -15.3. The Balaban J connectivity index is 0.0000161. The number of aliphatic hydroxyl groups is 2. The summed E-state index contributed by atoms with van der Waals surface area (Å²) in [5, 5.41) is 80.3. The Morgan fingerprint density at radius 2 is 1.40 bits per heavy atom. The first-order chi connectivity index (χ1) is 58.8. The van der Waals surface area contributed by atoms with E-state index in [1.54, 1.807) is 74.6 Å². The van der Waals surface area contributed by atoms with Crippen molar-refractivity contribution >= 4 is 109 Å². The van der Waals surface area contributed by atoms with Crippen LogP contribution in [0, 0.1) is 11.8 Å². The highest BCUT2D eigenvalue weighted by Gasteiger charge is 2.52. The molecule has 6 aromatic rings.